The standard InChI is InChI=1S/C28H36N4O4S/c1-20(2)36-28(3,4)24-19-37-26(29-24)30-25(33)23-11-8-14-32(23)17-21-12-15-31(16-13-21)27(34)35-18-22-9-6-5-7-10-22/h5-11,14,19-21H,12-13,15-18H2,1-4H3,(H,29,30,33). The van der Waals surface area contributed by atoms with Crippen molar-refractivity contribution in [1.29, 1.82) is 0 Å². The molecule has 0 atom stereocenters. The van der Waals surface area contributed by atoms with Crippen LogP contribution in [0.4, 0.5) is 9.93 Å². The van der Waals surface area contributed by atoms with Crippen LogP contribution in [0.3, 0.4) is 0 Å². The first-order valence-electron chi connectivity index (χ1n) is 12.8. The van der Waals surface area contributed by atoms with Gasteiger partial charge in [0.25, 0.3) is 5.91 Å². The minimum absolute atomic E-state index is 0.0739. The number of aromatic nitrogens is 2. The summed E-state index contributed by atoms with van der Waals surface area (Å²) in [6.07, 6.45) is 3.46. The second-order valence-electron chi connectivity index (χ2n) is 10.2. The van der Waals surface area contributed by atoms with Gasteiger partial charge in [0, 0.05) is 31.2 Å². The molecule has 2 aromatic heterocycles. The lowest BCUT2D eigenvalue weighted by atomic mass is 9.97. The Morgan fingerprint density at radius 1 is 1.14 bits per heavy atom. The average molecular weight is 525 g/mol. The molecule has 9 heteroatoms. The summed E-state index contributed by atoms with van der Waals surface area (Å²) >= 11 is 1.39. The Balaban J connectivity index is 1.27. The van der Waals surface area contributed by atoms with E-state index in [0.717, 1.165) is 30.6 Å². The first-order chi connectivity index (χ1) is 17.7. The van der Waals surface area contributed by atoms with Crippen molar-refractivity contribution in [1.82, 2.24) is 14.5 Å². The fourth-order valence-corrected chi connectivity index (χ4v) is 5.45. The highest BCUT2D eigenvalue weighted by molar-refractivity contribution is 7.14. The highest BCUT2D eigenvalue weighted by atomic mass is 32.1. The molecule has 0 radical (unpaired) electrons. The Bertz CT molecular complexity index is 1180. The van der Waals surface area contributed by atoms with Crippen molar-refractivity contribution in [3.05, 3.63) is 71.0 Å². The average Bonchev–Trinajstić information content (AvgIpc) is 3.53. The Kier molecular flexibility index (Phi) is 8.66. The first kappa shape index (κ1) is 26.9. The van der Waals surface area contributed by atoms with Gasteiger partial charge in [-0.1, -0.05) is 30.3 Å². The van der Waals surface area contributed by atoms with Gasteiger partial charge in [0.15, 0.2) is 5.13 Å². The number of anilines is 1. The molecule has 3 aromatic rings. The van der Waals surface area contributed by atoms with Crippen molar-refractivity contribution < 1.29 is 19.1 Å². The number of hydrogen-bond donors (Lipinski definition) is 1. The number of carbonyl (C=O) groups is 2. The summed E-state index contributed by atoms with van der Waals surface area (Å²) in [5.74, 6) is 0.188. The normalized spacial score (nSPS) is 14.7. The lowest BCUT2D eigenvalue weighted by molar-refractivity contribution is -0.0623. The van der Waals surface area contributed by atoms with Crippen LogP contribution in [0.5, 0.6) is 0 Å². The van der Waals surface area contributed by atoms with Crippen molar-refractivity contribution in [2.45, 2.75) is 65.4 Å². The van der Waals surface area contributed by atoms with Crippen LogP contribution in [0.2, 0.25) is 0 Å². The molecule has 1 fully saturated rings. The largest absolute Gasteiger partial charge is 0.445 e. The summed E-state index contributed by atoms with van der Waals surface area (Å²) in [7, 11) is 0. The lowest BCUT2D eigenvalue weighted by Gasteiger charge is -2.31. The minimum atomic E-state index is -0.531. The zero-order chi connectivity index (χ0) is 26.4. The van der Waals surface area contributed by atoms with Gasteiger partial charge >= 0.3 is 6.09 Å². The van der Waals surface area contributed by atoms with Crippen LogP contribution >= 0.6 is 11.3 Å². The van der Waals surface area contributed by atoms with Gasteiger partial charge in [-0.2, -0.15) is 0 Å². The van der Waals surface area contributed by atoms with Crippen LogP contribution < -0.4 is 5.32 Å². The molecule has 8 nitrogen and oxygen atoms in total. The smallest absolute Gasteiger partial charge is 0.410 e. The van der Waals surface area contributed by atoms with Crippen molar-refractivity contribution >= 4 is 28.5 Å². The predicted octanol–water partition coefficient (Wildman–Crippen LogP) is 5.91. The van der Waals surface area contributed by atoms with Crippen molar-refractivity contribution in [3.8, 4) is 0 Å². The quantitative estimate of drug-likeness (QED) is 0.376. The Hall–Kier alpha value is -3.17. The molecule has 3 heterocycles. The van der Waals surface area contributed by atoms with Gasteiger partial charge in [0.05, 0.1) is 11.8 Å². The van der Waals surface area contributed by atoms with E-state index in [4.69, 9.17) is 9.47 Å². The summed E-state index contributed by atoms with van der Waals surface area (Å²) < 4.78 is 13.4. The molecule has 1 saturated heterocycles. The van der Waals surface area contributed by atoms with Crippen LogP contribution in [0.15, 0.2) is 54.0 Å². The molecule has 1 aromatic carbocycles. The number of amides is 2. The molecule has 1 aliphatic rings. The van der Waals surface area contributed by atoms with Crippen LogP contribution in [0.25, 0.3) is 0 Å². The van der Waals surface area contributed by atoms with E-state index in [1.54, 1.807) is 4.90 Å². The number of thiazole rings is 1. The van der Waals surface area contributed by atoms with Gasteiger partial charge in [-0.05, 0) is 64.2 Å². The predicted molar refractivity (Wildman–Crippen MR) is 145 cm³/mol. The number of nitrogens with zero attached hydrogens (tertiary/aromatic N) is 3. The molecule has 0 saturated carbocycles. The number of carbonyl (C=O) groups excluding carboxylic acids is 2. The monoisotopic (exact) mass is 524 g/mol. The molecule has 0 spiro atoms. The third kappa shape index (κ3) is 7.20. The van der Waals surface area contributed by atoms with E-state index in [1.165, 1.54) is 11.3 Å². The molecule has 198 valence electrons. The first-order valence-corrected chi connectivity index (χ1v) is 13.6. The van der Waals surface area contributed by atoms with Crippen LogP contribution in [-0.2, 0) is 28.2 Å². The van der Waals surface area contributed by atoms with E-state index < -0.39 is 5.60 Å². The molecule has 37 heavy (non-hydrogen) atoms. The van der Waals surface area contributed by atoms with Gasteiger partial charge in [0.2, 0.25) is 0 Å². The van der Waals surface area contributed by atoms with E-state index in [1.807, 2.05) is 86.3 Å². The summed E-state index contributed by atoms with van der Waals surface area (Å²) in [5, 5.41) is 5.42. The van der Waals surface area contributed by atoms with Crippen molar-refractivity contribution in [2.75, 3.05) is 18.4 Å². The molecule has 1 aliphatic heterocycles. The van der Waals surface area contributed by atoms with Gasteiger partial charge in [-0.3, -0.25) is 10.1 Å². The van der Waals surface area contributed by atoms with E-state index in [2.05, 4.69) is 10.3 Å². The Labute approximate surface area is 222 Å². The van der Waals surface area contributed by atoms with E-state index in [9.17, 15) is 9.59 Å². The van der Waals surface area contributed by atoms with Crippen LogP contribution in [0, 0.1) is 5.92 Å². The summed E-state index contributed by atoms with van der Waals surface area (Å²) in [5.41, 5.74) is 1.84. The third-order valence-corrected chi connectivity index (χ3v) is 7.22. The second-order valence-corrected chi connectivity index (χ2v) is 11.0. The van der Waals surface area contributed by atoms with Crippen LogP contribution in [0.1, 0.15) is 62.3 Å². The summed E-state index contributed by atoms with van der Waals surface area (Å²) in [6.45, 7) is 10.2. The molecule has 0 bridgehead atoms. The highest BCUT2D eigenvalue weighted by Gasteiger charge is 2.27. The number of benzene rings is 1. The minimum Gasteiger partial charge on any atom is -0.445 e. The number of rotatable bonds is 9. The molecule has 1 N–H and O–H groups in total. The van der Waals surface area contributed by atoms with Gasteiger partial charge in [0.1, 0.15) is 17.9 Å². The molecule has 0 unspecified atom stereocenters. The second kappa shape index (κ2) is 11.9. The van der Waals surface area contributed by atoms with Crippen molar-refractivity contribution in [2.24, 2.45) is 5.92 Å². The summed E-state index contributed by atoms with van der Waals surface area (Å²) in [6, 6.07) is 13.4. The zero-order valence-corrected chi connectivity index (χ0v) is 22.8. The molecular formula is C28H36N4O4S. The number of ether oxygens (including phenoxy) is 2. The van der Waals surface area contributed by atoms with Crippen LogP contribution in [-0.4, -0.2) is 45.6 Å². The maximum Gasteiger partial charge on any atom is 0.410 e. The third-order valence-electron chi connectivity index (χ3n) is 6.47. The topological polar surface area (TPSA) is 85.7 Å². The maximum atomic E-state index is 13.0. The Morgan fingerprint density at radius 3 is 2.57 bits per heavy atom. The number of hydrogen-bond acceptors (Lipinski definition) is 6. The Morgan fingerprint density at radius 2 is 1.86 bits per heavy atom. The molecule has 4 rings (SSSR count). The van der Waals surface area contributed by atoms with E-state index >= 15 is 0 Å². The summed E-state index contributed by atoms with van der Waals surface area (Å²) in [4.78, 5) is 31.9. The van der Waals surface area contributed by atoms with E-state index in [-0.39, 0.29) is 24.7 Å². The van der Waals surface area contributed by atoms with Gasteiger partial charge < -0.3 is 18.9 Å². The number of nitrogens with one attached hydrogen (secondary N) is 1. The fraction of sp³-hybridized carbons (Fsp3) is 0.464. The zero-order valence-electron chi connectivity index (χ0n) is 22.0. The van der Waals surface area contributed by atoms with Gasteiger partial charge in [-0.25, -0.2) is 9.78 Å². The highest BCUT2D eigenvalue weighted by Crippen LogP contribution is 2.29. The SMILES string of the molecule is CC(C)OC(C)(C)c1csc(NC(=O)c2cccn2CC2CCN(C(=O)OCc3ccccc3)CC2)n1. The van der Waals surface area contributed by atoms with Crippen molar-refractivity contribution in [3.63, 3.8) is 0 Å². The van der Waals surface area contributed by atoms with Gasteiger partial charge in [-0.15, -0.1) is 11.3 Å². The molecular weight excluding hydrogens is 488 g/mol. The molecule has 0 aliphatic carbocycles. The molecule has 2 amide bonds. The van der Waals surface area contributed by atoms with E-state index in [0.29, 0.717) is 29.8 Å². The maximum absolute atomic E-state index is 13.0. The number of likely N-dealkylation sites (tertiary alicyclic amines) is 1. The number of piperidine rings is 1. The lowest BCUT2D eigenvalue weighted by Crippen LogP contribution is -2.39. The fourth-order valence-electron chi connectivity index (χ4n) is 4.58.